The van der Waals surface area contributed by atoms with Gasteiger partial charge in [0.2, 0.25) is 5.91 Å². The van der Waals surface area contributed by atoms with Crippen LogP contribution >= 0.6 is 11.8 Å². The number of carbonyl (C=O) groups excluding carboxylic acids is 1. The normalized spacial score (nSPS) is 10.8. The van der Waals surface area contributed by atoms with Crippen molar-refractivity contribution >= 4 is 23.4 Å². The number of carbonyl (C=O) groups is 1. The van der Waals surface area contributed by atoms with E-state index in [0.717, 1.165) is 39.5 Å². The largest absolute Gasteiger partial charge is 0.485 e. The van der Waals surface area contributed by atoms with Crippen molar-refractivity contribution in [3.8, 4) is 5.75 Å². The number of aryl methyl sites for hydroxylation is 4. The number of anilines is 1. The van der Waals surface area contributed by atoms with E-state index in [2.05, 4.69) is 15.5 Å². The first-order valence-corrected chi connectivity index (χ1v) is 11.0. The van der Waals surface area contributed by atoms with Gasteiger partial charge in [-0.3, -0.25) is 4.79 Å². The number of thioether (sulfide) groups is 1. The number of ether oxygens (including phenoxy) is 1. The van der Waals surface area contributed by atoms with Crippen molar-refractivity contribution in [1.29, 1.82) is 0 Å². The van der Waals surface area contributed by atoms with Crippen molar-refractivity contribution in [2.45, 2.75) is 52.9 Å². The standard InChI is InChI=1S/C23H28N4O2S/c1-6-27-20(13-29-22-17(4)8-7-9-18(22)5)25-26-23(27)30-14-21(28)24-19-12-15(2)10-11-16(19)3/h7-12H,6,13-14H2,1-5H3,(H,24,28). The molecule has 0 aliphatic carbocycles. The summed E-state index contributed by atoms with van der Waals surface area (Å²) in [5.41, 5.74) is 5.19. The predicted molar refractivity (Wildman–Crippen MR) is 121 cm³/mol. The third-order valence-corrected chi connectivity index (χ3v) is 5.83. The van der Waals surface area contributed by atoms with Crippen LogP contribution in [0.2, 0.25) is 0 Å². The molecule has 7 heteroatoms. The Kier molecular flexibility index (Phi) is 7.15. The minimum Gasteiger partial charge on any atom is -0.485 e. The van der Waals surface area contributed by atoms with E-state index >= 15 is 0 Å². The van der Waals surface area contributed by atoms with E-state index in [4.69, 9.17) is 4.74 Å². The number of rotatable bonds is 8. The molecule has 2 aromatic carbocycles. The van der Waals surface area contributed by atoms with Gasteiger partial charge in [0, 0.05) is 12.2 Å². The lowest BCUT2D eigenvalue weighted by atomic mass is 10.1. The van der Waals surface area contributed by atoms with E-state index in [0.29, 0.717) is 18.3 Å². The number of hydrogen-bond acceptors (Lipinski definition) is 5. The molecule has 0 unspecified atom stereocenters. The Morgan fingerprint density at radius 1 is 1.07 bits per heavy atom. The molecule has 0 saturated heterocycles. The maximum atomic E-state index is 12.4. The lowest BCUT2D eigenvalue weighted by Crippen LogP contribution is -2.15. The summed E-state index contributed by atoms with van der Waals surface area (Å²) >= 11 is 1.38. The molecule has 1 aromatic heterocycles. The summed E-state index contributed by atoms with van der Waals surface area (Å²) in [4.78, 5) is 12.4. The summed E-state index contributed by atoms with van der Waals surface area (Å²) in [7, 11) is 0. The van der Waals surface area contributed by atoms with Crippen molar-refractivity contribution in [3.05, 3.63) is 64.5 Å². The van der Waals surface area contributed by atoms with Crippen molar-refractivity contribution < 1.29 is 9.53 Å². The van der Waals surface area contributed by atoms with Gasteiger partial charge in [-0.05, 0) is 62.9 Å². The van der Waals surface area contributed by atoms with Crippen LogP contribution < -0.4 is 10.1 Å². The second kappa shape index (κ2) is 9.80. The summed E-state index contributed by atoms with van der Waals surface area (Å²) in [6.45, 7) is 11.1. The zero-order valence-corrected chi connectivity index (χ0v) is 19.0. The zero-order chi connectivity index (χ0) is 21.7. The van der Waals surface area contributed by atoms with Gasteiger partial charge in [0.15, 0.2) is 11.0 Å². The van der Waals surface area contributed by atoms with Gasteiger partial charge in [-0.1, -0.05) is 42.1 Å². The van der Waals surface area contributed by atoms with Gasteiger partial charge >= 0.3 is 0 Å². The molecule has 0 atom stereocenters. The lowest BCUT2D eigenvalue weighted by molar-refractivity contribution is -0.113. The highest BCUT2D eigenvalue weighted by Gasteiger charge is 2.15. The molecule has 0 spiro atoms. The van der Waals surface area contributed by atoms with Gasteiger partial charge in [-0.15, -0.1) is 10.2 Å². The highest BCUT2D eigenvalue weighted by atomic mass is 32.2. The van der Waals surface area contributed by atoms with Crippen molar-refractivity contribution in [3.63, 3.8) is 0 Å². The Morgan fingerprint density at radius 2 is 1.80 bits per heavy atom. The summed E-state index contributed by atoms with van der Waals surface area (Å²) in [6.07, 6.45) is 0. The molecule has 1 amide bonds. The SMILES string of the molecule is CCn1c(COc2c(C)cccc2C)nnc1SCC(=O)Nc1cc(C)ccc1C. The first-order valence-electron chi connectivity index (χ1n) is 10.00. The molecular weight excluding hydrogens is 396 g/mol. The highest BCUT2D eigenvalue weighted by Crippen LogP contribution is 2.24. The maximum Gasteiger partial charge on any atom is 0.234 e. The minimum absolute atomic E-state index is 0.0623. The molecule has 3 aromatic rings. The molecule has 0 aliphatic rings. The molecule has 1 N–H and O–H groups in total. The molecule has 0 saturated carbocycles. The number of benzene rings is 2. The van der Waals surface area contributed by atoms with E-state index in [1.165, 1.54) is 11.8 Å². The van der Waals surface area contributed by atoms with Crippen LogP contribution in [0.3, 0.4) is 0 Å². The topological polar surface area (TPSA) is 69.0 Å². The van der Waals surface area contributed by atoms with Gasteiger partial charge in [0.1, 0.15) is 12.4 Å². The van der Waals surface area contributed by atoms with Gasteiger partial charge in [-0.25, -0.2) is 0 Å². The quantitative estimate of drug-likeness (QED) is 0.524. The third-order valence-electron chi connectivity index (χ3n) is 4.86. The Hall–Kier alpha value is -2.80. The fourth-order valence-electron chi connectivity index (χ4n) is 3.20. The van der Waals surface area contributed by atoms with E-state index in [1.54, 1.807) is 0 Å². The van der Waals surface area contributed by atoms with Crippen LogP contribution in [0.25, 0.3) is 0 Å². The Balaban J connectivity index is 1.62. The van der Waals surface area contributed by atoms with Crippen LogP contribution in [-0.4, -0.2) is 26.4 Å². The highest BCUT2D eigenvalue weighted by molar-refractivity contribution is 7.99. The molecule has 3 rings (SSSR count). The summed E-state index contributed by atoms with van der Waals surface area (Å²) in [6, 6.07) is 12.1. The molecule has 0 aliphatic heterocycles. The molecular formula is C23H28N4O2S. The van der Waals surface area contributed by atoms with Crippen molar-refractivity contribution in [2.24, 2.45) is 0 Å². The molecule has 6 nitrogen and oxygen atoms in total. The third kappa shape index (κ3) is 5.21. The smallest absolute Gasteiger partial charge is 0.234 e. The Morgan fingerprint density at radius 3 is 2.50 bits per heavy atom. The molecule has 0 fully saturated rings. The molecule has 0 radical (unpaired) electrons. The number of nitrogens with zero attached hydrogens (tertiary/aromatic N) is 3. The van der Waals surface area contributed by atoms with Gasteiger partial charge in [-0.2, -0.15) is 0 Å². The molecule has 30 heavy (non-hydrogen) atoms. The summed E-state index contributed by atoms with van der Waals surface area (Å²) in [5.74, 6) is 1.83. The molecule has 0 bridgehead atoms. The Labute approximate surface area is 182 Å². The average molecular weight is 425 g/mol. The van der Waals surface area contributed by atoms with Crippen LogP contribution in [-0.2, 0) is 17.9 Å². The monoisotopic (exact) mass is 424 g/mol. The van der Waals surface area contributed by atoms with Gasteiger partial charge in [0.25, 0.3) is 0 Å². The predicted octanol–water partition coefficient (Wildman–Crippen LogP) is 4.84. The minimum atomic E-state index is -0.0623. The van der Waals surface area contributed by atoms with Crippen LogP contribution in [0.15, 0.2) is 41.6 Å². The van der Waals surface area contributed by atoms with Crippen LogP contribution in [0.4, 0.5) is 5.69 Å². The fourth-order valence-corrected chi connectivity index (χ4v) is 4.02. The van der Waals surface area contributed by atoms with Crippen LogP contribution in [0.5, 0.6) is 5.75 Å². The summed E-state index contributed by atoms with van der Waals surface area (Å²) < 4.78 is 8.02. The average Bonchev–Trinajstić information content (AvgIpc) is 3.10. The number of amides is 1. The second-order valence-corrected chi connectivity index (χ2v) is 8.25. The molecule has 158 valence electrons. The van der Waals surface area contributed by atoms with E-state index in [-0.39, 0.29) is 11.7 Å². The van der Waals surface area contributed by atoms with Crippen molar-refractivity contribution in [2.75, 3.05) is 11.1 Å². The van der Waals surface area contributed by atoms with E-state index < -0.39 is 0 Å². The number of aromatic nitrogens is 3. The van der Waals surface area contributed by atoms with E-state index in [9.17, 15) is 4.79 Å². The van der Waals surface area contributed by atoms with Gasteiger partial charge in [0.05, 0.1) is 5.75 Å². The molecule has 1 heterocycles. The van der Waals surface area contributed by atoms with Crippen LogP contribution in [0, 0.1) is 27.7 Å². The number of nitrogens with one attached hydrogen (secondary N) is 1. The van der Waals surface area contributed by atoms with E-state index in [1.807, 2.05) is 75.6 Å². The second-order valence-electron chi connectivity index (χ2n) is 7.31. The first-order chi connectivity index (χ1) is 14.4. The number of para-hydroxylation sites is 1. The van der Waals surface area contributed by atoms with Gasteiger partial charge < -0.3 is 14.6 Å². The Bertz CT molecular complexity index is 1030. The zero-order valence-electron chi connectivity index (χ0n) is 18.2. The van der Waals surface area contributed by atoms with Crippen molar-refractivity contribution in [1.82, 2.24) is 14.8 Å². The fraction of sp³-hybridized carbons (Fsp3) is 0.348. The first kappa shape index (κ1) is 21.9. The van der Waals surface area contributed by atoms with Crippen LogP contribution in [0.1, 0.15) is 35.0 Å². The number of hydrogen-bond donors (Lipinski definition) is 1. The maximum absolute atomic E-state index is 12.4. The summed E-state index contributed by atoms with van der Waals surface area (Å²) in [5, 5.41) is 12.3. The lowest BCUT2D eigenvalue weighted by Gasteiger charge is -2.12.